The van der Waals surface area contributed by atoms with Crippen LogP contribution in [0.4, 0.5) is 10.1 Å². The summed E-state index contributed by atoms with van der Waals surface area (Å²) >= 11 is 12.0. The van der Waals surface area contributed by atoms with Gasteiger partial charge in [-0.25, -0.2) is 19.0 Å². The fourth-order valence-corrected chi connectivity index (χ4v) is 5.06. The van der Waals surface area contributed by atoms with E-state index in [0.717, 1.165) is 38.2 Å². The van der Waals surface area contributed by atoms with Crippen LogP contribution < -0.4 is 4.90 Å². The topological polar surface area (TPSA) is 85.8 Å². The number of halogens is 3. The highest BCUT2D eigenvalue weighted by atomic mass is 35.5. The van der Waals surface area contributed by atoms with Crippen LogP contribution in [-0.2, 0) is 25.6 Å². The van der Waals surface area contributed by atoms with E-state index in [-0.39, 0.29) is 39.6 Å². The normalized spacial score (nSPS) is 16.0. The summed E-state index contributed by atoms with van der Waals surface area (Å²) < 4.78 is 25.8. The second kappa shape index (κ2) is 12.0. The summed E-state index contributed by atoms with van der Waals surface area (Å²) in [4.78, 5) is 44.6. The number of rotatable bonds is 7. The Balaban J connectivity index is 1.77. The van der Waals surface area contributed by atoms with E-state index in [9.17, 15) is 14.4 Å². The Hall–Kier alpha value is -2.97. The second-order valence-electron chi connectivity index (χ2n) is 9.13. The maximum Gasteiger partial charge on any atom is 0.339 e. The minimum Gasteiger partial charge on any atom is -0.465 e. The molecule has 0 N–H and O–H groups in total. The number of hydrogen-bond donors (Lipinski definition) is 0. The second-order valence-corrected chi connectivity index (χ2v) is 9.93. The third-order valence-electron chi connectivity index (χ3n) is 6.66. The third-order valence-corrected chi connectivity index (χ3v) is 7.19. The number of ether oxygens (including phenoxy) is 2. The zero-order valence-corrected chi connectivity index (χ0v) is 21.9. The van der Waals surface area contributed by atoms with Gasteiger partial charge in [0.15, 0.2) is 0 Å². The van der Waals surface area contributed by atoms with Gasteiger partial charge in [0, 0.05) is 17.3 Å². The van der Waals surface area contributed by atoms with Crippen molar-refractivity contribution in [1.29, 1.82) is 0 Å². The third kappa shape index (κ3) is 6.30. The molecule has 196 valence electrons. The predicted octanol–water partition coefficient (Wildman–Crippen LogP) is 6.20. The van der Waals surface area contributed by atoms with Gasteiger partial charge in [-0.05, 0) is 75.1 Å². The van der Waals surface area contributed by atoms with Gasteiger partial charge in [-0.3, -0.25) is 4.79 Å². The molecule has 7 nitrogen and oxygen atoms in total. The Bertz CT molecular complexity index is 1230. The Morgan fingerprint density at radius 3 is 2.38 bits per heavy atom. The molecule has 0 bridgehead atoms. The van der Waals surface area contributed by atoms with Crippen molar-refractivity contribution < 1.29 is 28.2 Å². The number of methoxy groups -OCH3 is 1. The SMILES string of the molecule is COC(=O)c1cc(N(Cc2ccc(Cl)nc2)C(=O)C2=C(C(=O)OC3CCCC3)CCCC2)c(F)cc1Cl. The van der Waals surface area contributed by atoms with Gasteiger partial charge in [0.2, 0.25) is 0 Å². The maximum atomic E-state index is 15.3. The molecule has 10 heteroatoms. The summed E-state index contributed by atoms with van der Waals surface area (Å²) in [7, 11) is 1.18. The van der Waals surface area contributed by atoms with Crippen LogP contribution in [0.3, 0.4) is 0 Å². The summed E-state index contributed by atoms with van der Waals surface area (Å²) in [6.45, 7) is -0.0867. The highest BCUT2D eigenvalue weighted by Crippen LogP contribution is 2.34. The number of hydrogen-bond acceptors (Lipinski definition) is 6. The first-order valence-electron chi connectivity index (χ1n) is 12.2. The van der Waals surface area contributed by atoms with E-state index in [1.54, 1.807) is 12.1 Å². The number of pyridine rings is 1. The largest absolute Gasteiger partial charge is 0.465 e. The number of benzene rings is 1. The average molecular weight is 549 g/mol. The molecule has 0 saturated heterocycles. The van der Waals surface area contributed by atoms with Gasteiger partial charge in [-0.2, -0.15) is 0 Å². The standard InChI is InChI=1S/C27H27Cl2FN2O5/c1-36-26(34)20-12-23(22(30)13-21(20)28)32(15-16-10-11-24(29)31-14-16)25(33)18-8-4-5-9-19(18)27(35)37-17-6-2-3-7-17/h10-14,17H,2-9,15H2,1H3. The number of esters is 2. The molecule has 2 aromatic rings. The quantitative estimate of drug-likeness (QED) is 0.302. The molecule has 0 unspecified atom stereocenters. The number of amides is 1. The van der Waals surface area contributed by atoms with Gasteiger partial charge in [0.1, 0.15) is 17.1 Å². The number of nitrogens with zero attached hydrogens (tertiary/aromatic N) is 2. The van der Waals surface area contributed by atoms with E-state index in [1.165, 1.54) is 24.3 Å². The van der Waals surface area contributed by atoms with Crippen LogP contribution in [0.25, 0.3) is 0 Å². The molecule has 1 amide bonds. The molecule has 1 fully saturated rings. The fraction of sp³-hybridized carbons (Fsp3) is 0.407. The molecule has 1 aromatic heterocycles. The molecular formula is C27H27Cl2FN2O5. The number of anilines is 1. The highest BCUT2D eigenvalue weighted by Gasteiger charge is 2.32. The molecule has 2 aliphatic carbocycles. The highest BCUT2D eigenvalue weighted by molar-refractivity contribution is 6.33. The van der Waals surface area contributed by atoms with Crippen LogP contribution >= 0.6 is 23.2 Å². The molecule has 1 aromatic carbocycles. The molecule has 0 spiro atoms. The van der Waals surface area contributed by atoms with Gasteiger partial charge in [0.05, 0.1) is 29.9 Å². The lowest BCUT2D eigenvalue weighted by molar-refractivity contribution is -0.144. The van der Waals surface area contributed by atoms with Crippen LogP contribution in [0.2, 0.25) is 10.2 Å². The van der Waals surface area contributed by atoms with Gasteiger partial charge in [-0.15, -0.1) is 0 Å². The predicted molar refractivity (Wildman–Crippen MR) is 137 cm³/mol. The van der Waals surface area contributed by atoms with Crippen LogP contribution in [0, 0.1) is 5.82 Å². The number of carbonyl (C=O) groups is 3. The molecule has 0 aliphatic heterocycles. The van der Waals surface area contributed by atoms with Crippen molar-refractivity contribution in [2.75, 3.05) is 12.0 Å². The lowest BCUT2D eigenvalue weighted by Crippen LogP contribution is -2.35. The van der Waals surface area contributed by atoms with Crippen molar-refractivity contribution in [2.24, 2.45) is 0 Å². The monoisotopic (exact) mass is 548 g/mol. The van der Waals surface area contributed by atoms with Crippen LogP contribution in [0.5, 0.6) is 0 Å². The van der Waals surface area contributed by atoms with E-state index in [0.29, 0.717) is 30.4 Å². The number of carbonyl (C=O) groups excluding carboxylic acids is 3. The van der Waals surface area contributed by atoms with Gasteiger partial charge in [0.25, 0.3) is 5.91 Å². The number of aromatic nitrogens is 1. The fourth-order valence-electron chi connectivity index (χ4n) is 4.72. The molecule has 4 rings (SSSR count). The summed E-state index contributed by atoms with van der Waals surface area (Å²) in [5.41, 5.74) is 0.908. The Morgan fingerprint density at radius 1 is 1.03 bits per heavy atom. The van der Waals surface area contributed by atoms with Gasteiger partial charge >= 0.3 is 11.9 Å². The van der Waals surface area contributed by atoms with Crippen LogP contribution in [0.15, 0.2) is 41.6 Å². The summed E-state index contributed by atoms with van der Waals surface area (Å²) in [5.74, 6) is -2.62. The molecule has 0 atom stereocenters. The van der Waals surface area contributed by atoms with Crippen molar-refractivity contribution in [3.05, 3.63) is 68.7 Å². The van der Waals surface area contributed by atoms with Crippen molar-refractivity contribution >= 4 is 46.7 Å². The Morgan fingerprint density at radius 2 is 1.73 bits per heavy atom. The molecule has 37 heavy (non-hydrogen) atoms. The first-order chi connectivity index (χ1) is 17.8. The Kier molecular flexibility index (Phi) is 8.82. The summed E-state index contributed by atoms with van der Waals surface area (Å²) in [5, 5.41) is 0.116. The van der Waals surface area contributed by atoms with E-state index in [1.807, 2.05) is 0 Å². The van der Waals surface area contributed by atoms with E-state index >= 15 is 4.39 Å². The minimum atomic E-state index is -0.806. The van der Waals surface area contributed by atoms with Crippen molar-refractivity contribution in [1.82, 2.24) is 4.98 Å². The maximum absolute atomic E-state index is 15.3. The zero-order valence-electron chi connectivity index (χ0n) is 20.4. The molecule has 0 radical (unpaired) electrons. The molecule has 1 saturated carbocycles. The van der Waals surface area contributed by atoms with E-state index in [2.05, 4.69) is 4.98 Å². The zero-order chi connectivity index (χ0) is 26.5. The van der Waals surface area contributed by atoms with E-state index < -0.39 is 23.7 Å². The summed E-state index contributed by atoms with van der Waals surface area (Å²) in [6, 6.07) is 5.37. The lowest BCUT2D eigenvalue weighted by Gasteiger charge is -2.28. The lowest BCUT2D eigenvalue weighted by atomic mass is 9.90. The van der Waals surface area contributed by atoms with Crippen LogP contribution in [0.1, 0.15) is 67.3 Å². The van der Waals surface area contributed by atoms with Crippen molar-refractivity contribution in [3.8, 4) is 0 Å². The van der Waals surface area contributed by atoms with Gasteiger partial charge < -0.3 is 14.4 Å². The smallest absolute Gasteiger partial charge is 0.339 e. The first-order valence-corrected chi connectivity index (χ1v) is 13.0. The molecule has 1 heterocycles. The van der Waals surface area contributed by atoms with Crippen molar-refractivity contribution in [3.63, 3.8) is 0 Å². The van der Waals surface area contributed by atoms with E-state index in [4.69, 9.17) is 32.7 Å². The molecule has 2 aliphatic rings. The Labute approximate surface area is 224 Å². The minimum absolute atomic E-state index is 0.0867. The van der Waals surface area contributed by atoms with Crippen LogP contribution in [-0.4, -0.2) is 36.0 Å². The van der Waals surface area contributed by atoms with Gasteiger partial charge in [-0.1, -0.05) is 29.3 Å². The first kappa shape index (κ1) is 27.1. The summed E-state index contributed by atoms with van der Waals surface area (Å²) in [6.07, 6.45) is 7.15. The van der Waals surface area contributed by atoms with Crippen molar-refractivity contribution in [2.45, 2.75) is 64.0 Å². The molecular weight excluding hydrogens is 522 g/mol. The average Bonchev–Trinajstić information content (AvgIpc) is 3.41.